The van der Waals surface area contributed by atoms with Gasteiger partial charge in [-0.3, -0.25) is 0 Å². The van der Waals surface area contributed by atoms with Crippen LogP contribution in [0, 0.1) is 40.7 Å². The van der Waals surface area contributed by atoms with Crippen LogP contribution in [0.4, 0.5) is 8.78 Å². The molecule has 1 aromatic carbocycles. The molecule has 2 fully saturated rings. The van der Waals surface area contributed by atoms with E-state index in [1.165, 1.54) is 31.4 Å². The lowest BCUT2D eigenvalue weighted by molar-refractivity contribution is 0.133. The molecular formula is C20H23F2N. The van der Waals surface area contributed by atoms with Crippen LogP contribution in [-0.4, -0.2) is 0 Å². The predicted octanol–water partition coefficient (Wildman–Crippen LogP) is 5.71. The highest BCUT2D eigenvalue weighted by atomic mass is 19.1. The minimum absolute atomic E-state index is 0.228. The van der Waals surface area contributed by atoms with E-state index in [9.17, 15) is 8.78 Å². The third kappa shape index (κ3) is 3.32. The summed E-state index contributed by atoms with van der Waals surface area (Å²) in [7, 11) is 0. The molecule has 0 N–H and O–H groups in total. The molecule has 2 aliphatic carbocycles. The SMILES string of the molecule is C/C=C/C1CCC2CC(c3cc(F)c(C#N)c(F)c3)CCC2C1. The topological polar surface area (TPSA) is 23.8 Å². The normalized spacial score (nSPS) is 30.9. The fourth-order valence-electron chi connectivity index (χ4n) is 4.61. The van der Waals surface area contributed by atoms with E-state index in [1.807, 2.05) is 0 Å². The Kier molecular flexibility index (Phi) is 4.80. The van der Waals surface area contributed by atoms with E-state index in [0.717, 1.165) is 30.7 Å². The molecule has 3 rings (SSSR count). The molecule has 0 heterocycles. The molecule has 0 aliphatic heterocycles. The van der Waals surface area contributed by atoms with Gasteiger partial charge < -0.3 is 0 Å². The highest BCUT2D eigenvalue weighted by Gasteiger charge is 2.35. The van der Waals surface area contributed by atoms with Gasteiger partial charge in [-0.15, -0.1) is 0 Å². The van der Waals surface area contributed by atoms with Crippen LogP contribution in [0.3, 0.4) is 0 Å². The average molecular weight is 315 g/mol. The third-order valence-corrected chi connectivity index (χ3v) is 5.77. The first kappa shape index (κ1) is 16.2. The molecule has 4 unspecified atom stereocenters. The molecule has 23 heavy (non-hydrogen) atoms. The first-order valence-corrected chi connectivity index (χ1v) is 8.64. The third-order valence-electron chi connectivity index (χ3n) is 5.77. The summed E-state index contributed by atoms with van der Waals surface area (Å²) in [5, 5.41) is 8.79. The first-order valence-electron chi connectivity index (χ1n) is 8.64. The minimum atomic E-state index is -0.721. The number of nitriles is 1. The molecule has 0 amide bonds. The van der Waals surface area contributed by atoms with Gasteiger partial charge in [-0.2, -0.15) is 5.26 Å². The molecule has 3 heteroatoms. The van der Waals surface area contributed by atoms with Gasteiger partial charge in [-0.25, -0.2) is 8.78 Å². The van der Waals surface area contributed by atoms with Gasteiger partial charge in [0.1, 0.15) is 23.3 Å². The van der Waals surface area contributed by atoms with Crippen LogP contribution >= 0.6 is 0 Å². The summed E-state index contributed by atoms with van der Waals surface area (Å²) >= 11 is 0. The molecule has 0 aromatic heterocycles. The molecule has 0 bridgehead atoms. The van der Waals surface area contributed by atoms with Gasteiger partial charge >= 0.3 is 0 Å². The van der Waals surface area contributed by atoms with Crippen molar-refractivity contribution in [2.24, 2.45) is 17.8 Å². The van der Waals surface area contributed by atoms with E-state index in [-0.39, 0.29) is 5.92 Å². The summed E-state index contributed by atoms with van der Waals surface area (Å²) in [6.07, 6.45) is 11.4. The van der Waals surface area contributed by atoms with Crippen LogP contribution in [0.5, 0.6) is 0 Å². The van der Waals surface area contributed by atoms with Gasteiger partial charge in [0.15, 0.2) is 0 Å². The fourth-order valence-corrected chi connectivity index (χ4v) is 4.61. The maximum absolute atomic E-state index is 13.9. The Morgan fingerprint density at radius 3 is 2.35 bits per heavy atom. The van der Waals surface area contributed by atoms with Crippen LogP contribution in [0.1, 0.15) is 62.5 Å². The Bertz CT molecular complexity index is 621. The molecule has 2 aliphatic rings. The highest BCUT2D eigenvalue weighted by molar-refractivity contribution is 5.36. The number of halogens is 2. The van der Waals surface area contributed by atoms with Crippen molar-refractivity contribution in [2.45, 2.75) is 51.4 Å². The summed E-state index contributed by atoms with van der Waals surface area (Å²) < 4.78 is 27.7. The van der Waals surface area contributed by atoms with Crippen LogP contribution in [-0.2, 0) is 0 Å². The molecular weight excluding hydrogens is 292 g/mol. The van der Waals surface area contributed by atoms with E-state index in [2.05, 4.69) is 19.1 Å². The van der Waals surface area contributed by atoms with Crippen LogP contribution in [0.2, 0.25) is 0 Å². The van der Waals surface area contributed by atoms with Crippen molar-refractivity contribution < 1.29 is 8.78 Å². The summed E-state index contributed by atoms with van der Waals surface area (Å²) in [4.78, 5) is 0. The van der Waals surface area contributed by atoms with Crippen molar-refractivity contribution in [1.82, 2.24) is 0 Å². The second kappa shape index (κ2) is 6.83. The zero-order chi connectivity index (χ0) is 16.4. The summed E-state index contributed by atoms with van der Waals surface area (Å²) in [5.41, 5.74) is 0.266. The average Bonchev–Trinajstić information content (AvgIpc) is 2.54. The van der Waals surface area contributed by atoms with Crippen LogP contribution in [0.15, 0.2) is 24.3 Å². The van der Waals surface area contributed by atoms with E-state index < -0.39 is 17.2 Å². The maximum Gasteiger partial charge on any atom is 0.144 e. The van der Waals surface area contributed by atoms with E-state index in [1.54, 1.807) is 6.07 Å². The van der Waals surface area contributed by atoms with Crippen LogP contribution in [0.25, 0.3) is 0 Å². The van der Waals surface area contributed by atoms with E-state index >= 15 is 0 Å². The molecule has 0 spiro atoms. The Morgan fingerprint density at radius 2 is 1.70 bits per heavy atom. The fraction of sp³-hybridized carbons (Fsp3) is 0.550. The largest absolute Gasteiger partial charge is 0.205 e. The number of fused-ring (bicyclic) bond motifs is 1. The Morgan fingerprint density at radius 1 is 1.04 bits per heavy atom. The van der Waals surface area contributed by atoms with Crippen molar-refractivity contribution in [2.75, 3.05) is 0 Å². The van der Waals surface area contributed by atoms with Crippen molar-refractivity contribution in [3.63, 3.8) is 0 Å². The number of benzene rings is 1. The standard InChI is InChI=1S/C20H23F2N/c1-2-3-13-4-5-15-9-16(7-6-14(15)8-13)17-10-19(21)18(12-23)20(22)11-17/h2-3,10-11,13-16H,4-9H2,1H3/b3-2+. The second-order valence-corrected chi connectivity index (χ2v) is 7.10. The number of allylic oxidation sites excluding steroid dienone is 2. The Labute approximate surface area is 137 Å². The molecule has 2 saturated carbocycles. The summed E-state index contributed by atoms with van der Waals surface area (Å²) in [5.74, 6) is 0.933. The summed E-state index contributed by atoms with van der Waals surface area (Å²) in [6, 6.07) is 4.35. The second-order valence-electron chi connectivity index (χ2n) is 7.10. The molecule has 4 atom stereocenters. The zero-order valence-corrected chi connectivity index (χ0v) is 13.6. The van der Waals surface area contributed by atoms with Crippen molar-refractivity contribution in [3.8, 4) is 6.07 Å². The zero-order valence-electron chi connectivity index (χ0n) is 13.6. The van der Waals surface area contributed by atoms with Gasteiger partial charge in [0.2, 0.25) is 0 Å². The maximum atomic E-state index is 13.9. The number of rotatable bonds is 2. The van der Waals surface area contributed by atoms with Gasteiger partial charge in [0.05, 0.1) is 0 Å². The monoisotopic (exact) mass is 315 g/mol. The van der Waals surface area contributed by atoms with Crippen molar-refractivity contribution >= 4 is 0 Å². The molecule has 0 saturated heterocycles. The molecule has 1 nitrogen and oxygen atoms in total. The smallest absolute Gasteiger partial charge is 0.144 e. The quantitative estimate of drug-likeness (QED) is 0.641. The number of hydrogen-bond acceptors (Lipinski definition) is 1. The lowest BCUT2D eigenvalue weighted by atomic mass is 9.64. The molecule has 1 aromatic rings. The van der Waals surface area contributed by atoms with Crippen LogP contribution < -0.4 is 0 Å². The lowest BCUT2D eigenvalue weighted by Gasteiger charge is -2.41. The lowest BCUT2D eigenvalue weighted by Crippen LogP contribution is -2.30. The Balaban J connectivity index is 1.72. The van der Waals surface area contributed by atoms with Crippen molar-refractivity contribution in [1.29, 1.82) is 5.26 Å². The molecule has 0 radical (unpaired) electrons. The van der Waals surface area contributed by atoms with E-state index in [0.29, 0.717) is 11.8 Å². The minimum Gasteiger partial charge on any atom is -0.205 e. The number of nitrogens with zero attached hydrogens (tertiary/aromatic N) is 1. The Hall–Kier alpha value is -1.69. The molecule has 122 valence electrons. The number of hydrogen-bond donors (Lipinski definition) is 0. The first-order chi connectivity index (χ1) is 11.1. The van der Waals surface area contributed by atoms with E-state index in [4.69, 9.17) is 5.26 Å². The van der Waals surface area contributed by atoms with Gasteiger partial charge in [0.25, 0.3) is 0 Å². The van der Waals surface area contributed by atoms with Gasteiger partial charge in [-0.05, 0) is 86.8 Å². The summed E-state index contributed by atoms with van der Waals surface area (Å²) in [6.45, 7) is 2.08. The van der Waals surface area contributed by atoms with Gasteiger partial charge in [0, 0.05) is 0 Å². The van der Waals surface area contributed by atoms with Crippen molar-refractivity contribution in [3.05, 3.63) is 47.0 Å². The predicted molar refractivity (Wildman–Crippen MR) is 86.8 cm³/mol. The van der Waals surface area contributed by atoms with Gasteiger partial charge in [-0.1, -0.05) is 12.2 Å². The highest BCUT2D eigenvalue weighted by Crippen LogP contribution is 2.48.